The van der Waals surface area contributed by atoms with Gasteiger partial charge in [0.2, 0.25) is 5.82 Å². The number of anilines is 2. The lowest BCUT2D eigenvalue weighted by Crippen LogP contribution is -2.06. The molecule has 1 heterocycles. The maximum Gasteiger partial charge on any atom is 0.347 e. The zero-order valence-electron chi connectivity index (χ0n) is 9.18. The monoisotopic (exact) mass is 310 g/mol. The maximum atomic E-state index is 13.3. The summed E-state index contributed by atoms with van der Waals surface area (Å²) in [6.45, 7) is 0. The fraction of sp³-hybridized carbons (Fsp3) is 0. The SMILES string of the molecule is O=C(O)c1cnc(Nc2c(F)c(F)c(F)c(F)c2F)s1. The largest absolute Gasteiger partial charge is 0.477 e. The Morgan fingerprint density at radius 2 is 1.55 bits per heavy atom. The van der Waals surface area contributed by atoms with Gasteiger partial charge in [-0.3, -0.25) is 0 Å². The van der Waals surface area contributed by atoms with Crippen LogP contribution in [-0.4, -0.2) is 16.1 Å². The predicted molar refractivity (Wildman–Crippen MR) is 58.6 cm³/mol. The minimum absolute atomic E-state index is 0.267. The van der Waals surface area contributed by atoms with E-state index in [1.54, 1.807) is 0 Å². The molecule has 0 atom stereocenters. The number of aromatic nitrogens is 1. The van der Waals surface area contributed by atoms with Crippen molar-refractivity contribution in [1.82, 2.24) is 4.98 Å². The Morgan fingerprint density at radius 1 is 1.05 bits per heavy atom. The summed E-state index contributed by atoms with van der Waals surface area (Å²) < 4.78 is 65.3. The average Bonchev–Trinajstić information content (AvgIpc) is 2.88. The Morgan fingerprint density at radius 3 is 2.00 bits per heavy atom. The van der Waals surface area contributed by atoms with Crippen LogP contribution >= 0.6 is 11.3 Å². The Balaban J connectivity index is 2.45. The second-order valence-electron chi connectivity index (χ2n) is 3.40. The van der Waals surface area contributed by atoms with E-state index in [1.807, 2.05) is 5.32 Å². The number of hydrogen-bond acceptors (Lipinski definition) is 4. The number of carbonyl (C=O) groups is 1. The summed E-state index contributed by atoms with van der Waals surface area (Å²) in [5, 5.41) is 10.2. The van der Waals surface area contributed by atoms with E-state index >= 15 is 0 Å². The third-order valence-electron chi connectivity index (χ3n) is 2.16. The molecule has 2 rings (SSSR count). The third kappa shape index (κ3) is 2.29. The highest BCUT2D eigenvalue weighted by atomic mass is 32.1. The van der Waals surface area contributed by atoms with E-state index in [0.29, 0.717) is 11.3 Å². The number of benzene rings is 1. The molecule has 0 fully saturated rings. The van der Waals surface area contributed by atoms with E-state index in [4.69, 9.17) is 5.11 Å². The number of carboxylic acids is 1. The lowest BCUT2D eigenvalue weighted by atomic mass is 10.2. The van der Waals surface area contributed by atoms with Gasteiger partial charge in [0.15, 0.2) is 28.4 Å². The first-order chi connectivity index (χ1) is 9.32. The van der Waals surface area contributed by atoms with Crippen molar-refractivity contribution in [2.45, 2.75) is 0 Å². The van der Waals surface area contributed by atoms with Crippen molar-refractivity contribution in [3.05, 3.63) is 40.2 Å². The van der Waals surface area contributed by atoms with Gasteiger partial charge >= 0.3 is 5.97 Å². The van der Waals surface area contributed by atoms with Crippen molar-refractivity contribution >= 4 is 28.1 Å². The van der Waals surface area contributed by atoms with Crippen LogP contribution in [0.4, 0.5) is 32.8 Å². The first-order valence-corrected chi connectivity index (χ1v) is 5.62. The first kappa shape index (κ1) is 14.2. The molecule has 10 heteroatoms. The Bertz CT molecular complexity index is 674. The Labute approximate surface area is 111 Å². The van der Waals surface area contributed by atoms with Gasteiger partial charge in [-0.15, -0.1) is 0 Å². The smallest absolute Gasteiger partial charge is 0.347 e. The fourth-order valence-electron chi connectivity index (χ4n) is 1.25. The molecule has 4 nitrogen and oxygen atoms in total. The van der Waals surface area contributed by atoms with E-state index in [-0.39, 0.29) is 10.0 Å². The van der Waals surface area contributed by atoms with Gasteiger partial charge in [-0.05, 0) is 0 Å². The van der Waals surface area contributed by atoms with E-state index < -0.39 is 40.7 Å². The number of hydrogen-bond donors (Lipinski definition) is 2. The summed E-state index contributed by atoms with van der Waals surface area (Å²) in [6, 6.07) is 0. The number of rotatable bonds is 3. The second kappa shape index (κ2) is 5.04. The van der Waals surface area contributed by atoms with Gasteiger partial charge in [-0.1, -0.05) is 11.3 Å². The zero-order valence-corrected chi connectivity index (χ0v) is 9.99. The highest BCUT2D eigenvalue weighted by Gasteiger charge is 2.26. The molecule has 1 aromatic heterocycles. The van der Waals surface area contributed by atoms with Crippen LogP contribution in [0.25, 0.3) is 0 Å². The fourth-order valence-corrected chi connectivity index (χ4v) is 1.91. The van der Waals surface area contributed by atoms with E-state index in [1.165, 1.54) is 0 Å². The van der Waals surface area contributed by atoms with Crippen LogP contribution in [0, 0.1) is 29.1 Å². The summed E-state index contributed by atoms with van der Waals surface area (Å²) >= 11 is 0.475. The topological polar surface area (TPSA) is 62.2 Å². The molecule has 1 aromatic carbocycles. The lowest BCUT2D eigenvalue weighted by Gasteiger charge is -2.08. The van der Waals surface area contributed by atoms with Crippen LogP contribution in [0.1, 0.15) is 9.67 Å². The van der Waals surface area contributed by atoms with Crippen LogP contribution in [0.3, 0.4) is 0 Å². The van der Waals surface area contributed by atoms with Crippen LogP contribution in [-0.2, 0) is 0 Å². The van der Waals surface area contributed by atoms with Gasteiger partial charge in [0.05, 0.1) is 6.20 Å². The number of halogens is 5. The molecule has 0 radical (unpaired) electrons. The molecule has 20 heavy (non-hydrogen) atoms. The summed E-state index contributed by atoms with van der Waals surface area (Å²) in [5.41, 5.74) is -1.30. The molecule has 0 aliphatic heterocycles. The standard InChI is InChI=1S/C10H3F5N2O2S/c11-3-4(12)6(14)8(7(15)5(3)13)17-10-16-1-2(20-10)9(18)19/h1H,(H,16,17)(H,18,19). The highest BCUT2D eigenvalue weighted by Crippen LogP contribution is 2.31. The highest BCUT2D eigenvalue weighted by molar-refractivity contribution is 7.17. The van der Waals surface area contributed by atoms with Crippen molar-refractivity contribution in [1.29, 1.82) is 0 Å². The van der Waals surface area contributed by atoms with Crippen molar-refractivity contribution in [2.24, 2.45) is 0 Å². The second-order valence-corrected chi connectivity index (χ2v) is 4.44. The molecule has 0 unspecified atom stereocenters. The summed E-state index contributed by atoms with van der Waals surface area (Å²) in [4.78, 5) is 13.8. The van der Waals surface area contributed by atoms with Gasteiger partial charge in [-0.2, -0.15) is 0 Å². The first-order valence-electron chi connectivity index (χ1n) is 4.80. The number of nitrogens with zero attached hydrogens (tertiary/aromatic N) is 1. The van der Waals surface area contributed by atoms with E-state index in [2.05, 4.69) is 4.98 Å². The number of nitrogens with one attached hydrogen (secondary N) is 1. The molecule has 0 spiro atoms. The number of aromatic carboxylic acids is 1. The van der Waals surface area contributed by atoms with Crippen LogP contribution in [0.15, 0.2) is 6.20 Å². The van der Waals surface area contributed by atoms with Crippen molar-refractivity contribution in [2.75, 3.05) is 5.32 Å². The molecular weight excluding hydrogens is 307 g/mol. The average molecular weight is 310 g/mol. The molecule has 2 N–H and O–H groups in total. The zero-order chi connectivity index (χ0) is 15.0. The lowest BCUT2D eigenvalue weighted by molar-refractivity contribution is 0.0702. The molecule has 0 aliphatic carbocycles. The molecule has 0 amide bonds. The van der Waals surface area contributed by atoms with Gasteiger partial charge < -0.3 is 10.4 Å². The summed E-state index contributed by atoms with van der Waals surface area (Å²) in [5.74, 6) is -12.0. The van der Waals surface area contributed by atoms with Crippen molar-refractivity contribution in [3.63, 3.8) is 0 Å². The summed E-state index contributed by atoms with van der Waals surface area (Å²) in [6.07, 6.45) is 0.876. The van der Waals surface area contributed by atoms with Crippen LogP contribution in [0.2, 0.25) is 0 Å². The van der Waals surface area contributed by atoms with E-state index in [0.717, 1.165) is 6.20 Å². The molecule has 0 aliphatic rings. The maximum absolute atomic E-state index is 13.3. The summed E-state index contributed by atoms with van der Waals surface area (Å²) in [7, 11) is 0. The molecule has 106 valence electrons. The van der Waals surface area contributed by atoms with Crippen LogP contribution < -0.4 is 5.32 Å². The molecule has 2 aromatic rings. The van der Waals surface area contributed by atoms with Crippen LogP contribution in [0.5, 0.6) is 0 Å². The van der Waals surface area contributed by atoms with Crippen molar-refractivity contribution in [3.8, 4) is 0 Å². The Hall–Kier alpha value is -2.23. The molecule has 0 saturated heterocycles. The van der Waals surface area contributed by atoms with Gasteiger partial charge in [0, 0.05) is 0 Å². The van der Waals surface area contributed by atoms with Gasteiger partial charge in [0.1, 0.15) is 10.6 Å². The number of thiazole rings is 1. The predicted octanol–water partition coefficient (Wildman–Crippen LogP) is 3.28. The van der Waals surface area contributed by atoms with Gasteiger partial charge in [0.25, 0.3) is 0 Å². The van der Waals surface area contributed by atoms with E-state index in [9.17, 15) is 26.7 Å². The van der Waals surface area contributed by atoms with Crippen molar-refractivity contribution < 1.29 is 31.9 Å². The molecule has 0 saturated carbocycles. The third-order valence-corrected chi connectivity index (χ3v) is 3.06. The Kier molecular flexibility index (Phi) is 3.57. The minimum Gasteiger partial charge on any atom is -0.477 e. The normalized spacial score (nSPS) is 10.7. The van der Waals surface area contributed by atoms with Gasteiger partial charge in [-0.25, -0.2) is 31.7 Å². The quantitative estimate of drug-likeness (QED) is 0.519. The molecular formula is C10H3F5N2O2S. The number of carboxylic acid groups (broad SMARTS) is 1. The molecule has 0 bridgehead atoms. The minimum atomic E-state index is -2.28.